The van der Waals surface area contributed by atoms with Gasteiger partial charge in [0, 0.05) is 18.9 Å². The second-order valence-corrected chi connectivity index (χ2v) is 7.99. The molecular formula is C23H25N6O2+. The molecule has 2 aromatic heterocycles. The van der Waals surface area contributed by atoms with E-state index in [-0.39, 0.29) is 11.6 Å². The Morgan fingerprint density at radius 2 is 1.94 bits per heavy atom. The maximum atomic E-state index is 13.2. The van der Waals surface area contributed by atoms with Crippen LogP contribution >= 0.6 is 0 Å². The SMILES string of the molecule is COc1ccc2cc([C@@H](c3nnnn3Cc3ccccc3)[NH+]3CCCC3)c(=O)[nH]c2c1. The van der Waals surface area contributed by atoms with Gasteiger partial charge >= 0.3 is 0 Å². The summed E-state index contributed by atoms with van der Waals surface area (Å²) in [5.74, 6) is 1.43. The van der Waals surface area contributed by atoms with Crippen LogP contribution in [0.25, 0.3) is 10.9 Å². The van der Waals surface area contributed by atoms with Crippen molar-refractivity contribution in [3.8, 4) is 5.75 Å². The Balaban J connectivity index is 1.61. The average Bonchev–Trinajstić information content (AvgIpc) is 3.48. The molecule has 0 bridgehead atoms. The number of nitrogens with one attached hydrogen (secondary N) is 2. The minimum Gasteiger partial charge on any atom is -0.497 e. The fraction of sp³-hybridized carbons (Fsp3) is 0.304. The molecule has 31 heavy (non-hydrogen) atoms. The number of tetrazole rings is 1. The number of likely N-dealkylation sites (tertiary alicyclic amines) is 1. The van der Waals surface area contributed by atoms with E-state index in [9.17, 15) is 4.79 Å². The van der Waals surface area contributed by atoms with Crippen molar-refractivity contribution in [3.63, 3.8) is 0 Å². The first-order chi connectivity index (χ1) is 15.2. The highest BCUT2D eigenvalue weighted by Gasteiger charge is 2.35. The molecule has 8 heteroatoms. The smallest absolute Gasteiger partial charge is 0.258 e. The molecule has 2 aromatic carbocycles. The summed E-state index contributed by atoms with van der Waals surface area (Å²) in [6.07, 6.45) is 2.27. The fourth-order valence-corrected chi connectivity index (χ4v) is 4.49. The molecule has 0 radical (unpaired) electrons. The first-order valence-electron chi connectivity index (χ1n) is 10.6. The molecule has 1 aliphatic heterocycles. The van der Waals surface area contributed by atoms with Crippen molar-refractivity contribution in [1.29, 1.82) is 0 Å². The van der Waals surface area contributed by atoms with Crippen molar-refractivity contribution in [3.05, 3.63) is 81.9 Å². The zero-order valence-corrected chi connectivity index (χ0v) is 17.4. The van der Waals surface area contributed by atoms with Crippen LogP contribution in [0.15, 0.2) is 59.4 Å². The minimum absolute atomic E-state index is 0.112. The quantitative estimate of drug-likeness (QED) is 0.494. The van der Waals surface area contributed by atoms with Gasteiger partial charge in [-0.15, -0.1) is 5.10 Å². The molecule has 1 fully saturated rings. The van der Waals surface area contributed by atoms with Crippen molar-refractivity contribution in [2.45, 2.75) is 25.4 Å². The number of hydrogen-bond acceptors (Lipinski definition) is 5. The van der Waals surface area contributed by atoms with Crippen LogP contribution in [0.2, 0.25) is 0 Å². The van der Waals surface area contributed by atoms with E-state index >= 15 is 0 Å². The van der Waals surface area contributed by atoms with Gasteiger partial charge in [0.1, 0.15) is 5.75 Å². The summed E-state index contributed by atoms with van der Waals surface area (Å²) in [7, 11) is 1.62. The monoisotopic (exact) mass is 417 g/mol. The van der Waals surface area contributed by atoms with Gasteiger partial charge in [-0.3, -0.25) is 4.79 Å². The topological polar surface area (TPSA) is 90.1 Å². The van der Waals surface area contributed by atoms with Crippen molar-refractivity contribution in [2.75, 3.05) is 20.2 Å². The number of ether oxygens (including phenoxy) is 1. The Bertz CT molecular complexity index is 1240. The predicted molar refractivity (Wildman–Crippen MR) is 116 cm³/mol. The van der Waals surface area contributed by atoms with Crippen LogP contribution < -0.4 is 15.2 Å². The molecule has 2 N–H and O–H groups in total. The Labute approximate surface area is 179 Å². The zero-order valence-electron chi connectivity index (χ0n) is 17.4. The van der Waals surface area contributed by atoms with E-state index in [1.54, 1.807) is 7.11 Å². The number of nitrogens with zero attached hydrogens (tertiary/aromatic N) is 4. The molecule has 1 atom stereocenters. The lowest BCUT2D eigenvalue weighted by Crippen LogP contribution is -3.10. The van der Waals surface area contributed by atoms with Crippen molar-refractivity contribution in [1.82, 2.24) is 25.2 Å². The molecule has 0 amide bonds. The van der Waals surface area contributed by atoms with E-state index in [0.717, 1.165) is 48.2 Å². The second kappa shape index (κ2) is 8.31. The summed E-state index contributed by atoms with van der Waals surface area (Å²) in [5.41, 5.74) is 2.45. The number of fused-ring (bicyclic) bond motifs is 1. The largest absolute Gasteiger partial charge is 0.497 e. The normalized spacial score (nSPS) is 15.4. The molecule has 1 saturated heterocycles. The lowest BCUT2D eigenvalue weighted by molar-refractivity contribution is -0.914. The first kappa shape index (κ1) is 19.4. The van der Waals surface area contributed by atoms with Gasteiger partial charge < -0.3 is 14.6 Å². The third-order valence-electron chi connectivity index (χ3n) is 6.04. The molecule has 1 aliphatic rings. The second-order valence-electron chi connectivity index (χ2n) is 7.99. The third kappa shape index (κ3) is 3.82. The average molecular weight is 417 g/mol. The molecule has 5 rings (SSSR count). The molecule has 8 nitrogen and oxygen atoms in total. The van der Waals surface area contributed by atoms with Crippen LogP contribution in [0, 0.1) is 0 Å². The number of hydrogen-bond donors (Lipinski definition) is 2. The van der Waals surface area contributed by atoms with E-state index in [4.69, 9.17) is 4.74 Å². The van der Waals surface area contributed by atoms with Gasteiger partial charge in [0.05, 0.1) is 37.8 Å². The highest BCUT2D eigenvalue weighted by Crippen LogP contribution is 2.22. The van der Waals surface area contributed by atoms with Gasteiger partial charge in [0.15, 0.2) is 6.04 Å². The van der Waals surface area contributed by atoms with Crippen molar-refractivity contribution < 1.29 is 9.64 Å². The Kier molecular flexibility index (Phi) is 5.21. The van der Waals surface area contributed by atoms with Crippen molar-refractivity contribution >= 4 is 10.9 Å². The Morgan fingerprint density at radius 1 is 1.13 bits per heavy atom. The third-order valence-corrected chi connectivity index (χ3v) is 6.04. The van der Waals surface area contributed by atoms with Crippen LogP contribution in [0.3, 0.4) is 0 Å². The van der Waals surface area contributed by atoms with Gasteiger partial charge in [-0.05, 0) is 39.6 Å². The number of quaternary nitrogens is 1. The Hall–Kier alpha value is -3.52. The van der Waals surface area contributed by atoms with E-state index < -0.39 is 0 Å². The summed E-state index contributed by atoms with van der Waals surface area (Å²) in [6.45, 7) is 2.54. The lowest BCUT2D eigenvalue weighted by atomic mass is 10.0. The van der Waals surface area contributed by atoms with Crippen molar-refractivity contribution in [2.24, 2.45) is 0 Å². The highest BCUT2D eigenvalue weighted by molar-refractivity contribution is 5.80. The van der Waals surface area contributed by atoms with Gasteiger partial charge in [-0.25, -0.2) is 4.68 Å². The molecule has 0 spiro atoms. The Morgan fingerprint density at radius 3 is 2.71 bits per heavy atom. The first-order valence-corrected chi connectivity index (χ1v) is 10.6. The summed E-state index contributed by atoms with van der Waals surface area (Å²) < 4.78 is 7.12. The van der Waals surface area contributed by atoms with Gasteiger partial charge in [0.25, 0.3) is 5.56 Å². The van der Waals surface area contributed by atoms with Gasteiger partial charge in [-0.1, -0.05) is 30.3 Å². The van der Waals surface area contributed by atoms with Crippen LogP contribution in [0.5, 0.6) is 5.75 Å². The van der Waals surface area contributed by atoms with Gasteiger partial charge in [0.2, 0.25) is 5.82 Å². The number of aromatic amines is 1. The maximum absolute atomic E-state index is 13.2. The predicted octanol–water partition coefficient (Wildman–Crippen LogP) is 1.34. The van der Waals surface area contributed by atoms with Crippen LogP contribution in [0.1, 0.15) is 35.8 Å². The molecule has 158 valence electrons. The number of rotatable bonds is 6. The fourth-order valence-electron chi connectivity index (χ4n) is 4.49. The number of benzene rings is 2. The number of methoxy groups -OCH3 is 1. The maximum Gasteiger partial charge on any atom is 0.258 e. The van der Waals surface area contributed by atoms with Crippen LogP contribution in [-0.4, -0.2) is 45.4 Å². The molecule has 0 aliphatic carbocycles. The molecule has 0 unspecified atom stereocenters. The number of aromatic nitrogens is 5. The zero-order chi connectivity index (χ0) is 21.2. The summed E-state index contributed by atoms with van der Waals surface area (Å²) >= 11 is 0. The van der Waals surface area contributed by atoms with Gasteiger partial charge in [-0.2, -0.15) is 0 Å². The molecule has 0 saturated carbocycles. The lowest BCUT2D eigenvalue weighted by Gasteiger charge is -2.23. The van der Waals surface area contributed by atoms with Crippen LogP contribution in [0.4, 0.5) is 0 Å². The number of H-pyrrole nitrogens is 1. The molecule has 4 aromatic rings. The highest BCUT2D eigenvalue weighted by atomic mass is 16.5. The molecule has 3 heterocycles. The molecular weight excluding hydrogens is 392 g/mol. The van der Waals surface area contributed by atoms with E-state index in [2.05, 4.69) is 32.6 Å². The van der Waals surface area contributed by atoms with E-state index in [1.807, 2.05) is 47.1 Å². The minimum atomic E-state index is -0.225. The van der Waals surface area contributed by atoms with E-state index in [1.165, 1.54) is 4.90 Å². The van der Waals surface area contributed by atoms with Crippen LogP contribution in [-0.2, 0) is 6.54 Å². The summed E-state index contributed by atoms with van der Waals surface area (Å²) in [6, 6.07) is 17.6. The van der Waals surface area contributed by atoms with E-state index in [0.29, 0.717) is 17.9 Å². The number of pyridine rings is 1. The standard InChI is InChI=1S/C23H24N6O2/c1-31-18-10-9-17-13-19(23(30)24-20(17)14-18)21(28-11-5-6-12-28)22-25-26-27-29(22)15-16-7-3-2-4-8-16/h2-4,7-10,13-14,21H,5-6,11-12,15H2,1H3,(H,24,30)/p+1/t21-/m0/s1. The summed E-state index contributed by atoms with van der Waals surface area (Å²) in [4.78, 5) is 17.6. The summed E-state index contributed by atoms with van der Waals surface area (Å²) in [5, 5.41) is 13.6.